The molecule has 0 radical (unpaired) electrons. The number of nitrogens with one attached hydrogen (secondary N) is 3. The minimum atomic E-state index is -1.13. The lowest BCUT2D eigenvalue weighted by Gasteiger charge is -2.36. The van der Waals surface area contributed by atoms with E-state index in [1.807, 2.05) is 6.92 Å². The summed E-state index contributed by atoms with van der Waals surface area (Å²) in [4.78, 5) is 29.5. The molecule has 1 saturated carbocycles. The second-order valence-corrected chi connectivity index (χ2v) is 8.92. The van der Waals surface area contributed by atoms with Crippen molar-refractivity contribution in [1.29, 1.82) is 0 Å². The first-order valence-corrected chi connectivity index (χ1v) is 11.8. The van der Waals surface area contributed by atoms with Crippen LogP contribution in [0.15, 0.2) is 36.5 Å². The zero-order chi connectivity index (χ0) is 26.0. The van der Waals surface area contributed by atoms with Gasteiger partial charge in [-0.05, 0) is 49.7 Å². The Bertz CT molecular complexity index is 1310. The molecular weight excluding hydrogens is 492 g/mol. The third kappa shape index (κ3) is 5.05. The Hall–Kier alpha value is -3.50. The van der Waals surface area contributed by atoms with Crippen molar-refractivity contribution in [3.63, 3.8) is 0 Å². The molecule has 4 rings (SSSR count). The Morgan fingerprint density at radius 2 is 1.89 bits per heavy atom. The molecule has 3 aromatic rings. The lowest BCUT2D eigenvalue weighted by Crippen LogP contribution is -2.52. The van der Waals surface area contributed by atoms with Gasteiger partial charge in [-0.1, -0.05) is 18.5 Å². The average Bonchev–Trinajstić information content (AvgIpc) is 3.20. The van der Waals surface area contributed by atoms with Gasteiger partial charge in [-0.3, -0.25) is 9.59 Å². The van der Waals surface area contributed by atoms with Crippen LogP contribution in [0, 0.1) is 11.6 Å². The molecule has 2 amide bonds. The van der Waals surface area contributed by atoms with Crippen LogP contribution in [0.2, 0.25) is 5.02 Å². The summed E-state index contributed by atoms with van der Waals surface area (Å²) in [6.45, 7) is 2.93. The Kier molecular flexibility index (Phi) is 7.56. The molecule has 1 aromatic heterocycles. The highest BCUT2D eigenvalue weighted by molar-refractivity contribution is 6.34. The zero-order valence-corrected chi connectivity index (χ0v) is 20.7. The molecule has 1 aliphatic carbocycles. The third-order valence-corrected chi connectivity index (χ3v) is 6.48. The number of methoxy groups -OCH3 is 1. The van der Waals surface area contributed by atoms with E-state index in [1.165, 1.54) is 49.2 Å². The first-order valence-electron chi connectivity index (χ1n) is 11.4. The highest BCUT2D eigenvalue weighted by Gasteiger charge is 2.30. The van der Waals surface area contributed by atoms with Crippen LogP contribution in [0.4, 0.5) is 14.5 Å². The summed E-state index contributed by atoms with van der Waals surface area (Å²) in [6.07, 6.45) is 3.01. The molecule has 36 heavy (non-hydrogen) atoms. The number of rotatable bonds is 8. The Morgan fingerprint density at radius 3 is 2.56 bits per heavy atom. The number of imidazole rings is 1. The molecular formula is C25H26ClF2N5O3. The van der Waals surface area contributed by atoms with Gasteiger partial charge < -0.3 is 25.3 Å². The van der Waals surface area contributed by atoms with E-state index >= 15 is 0 Å². The summed E-state index contributed by atoms with van der Waals surface area (Å²) in [6, 6.07) is 7.73. The number of halogens is 3. The molecule has 0 saturated heterocycles. The first-order chi connectivity index (χ1) is 17.2. The van der Waals surface area contributed by atoms with E-state index in [4.69, 9.17) is 16.3 Å². The Morgan fingerprint density at radius 1 is 1.14 bits per heavy atom. The summed E-state index contributed by atoms with van der Waals surface area (Å²) in [7, 11) is 2.75. The van der Waals surface area contributed by atoms with Crippen LogP contribution in [0.5, 0.6) is 5.75 Å². The molecule has 0 unspecified atom stereocenters. The van der Waals surface area contributed by atoms with Crippen molar-refractivity contribution in [3.05, 3.63) is 64.6 Å². The minimum Gasteiger partial charge on any atom is -0.494 e. The summed E-state index contributed by atoms with van der Waals surface area (Å²) in [5.41, 5.74) is 0.794. The molecule has 1 aliphatic rings. The number of ether oxygens (including phenoxy) is 1. The Labute approximate surface area is 212 Å². The third-order valence-electron chi connectivity index (χ3n) is 6.17. The average molecular weight is 518 g/mol. The number of anilines is 1. The second-order valence-electron chi connectivity index (χ2n) is 8.51. The lowest BCUT2D eigenvalue weighted by atomic mass is 9.86. The summed E-state index contributed by atoms with van der Waals surface area (Å²) in [5, 5.41) is 9.14. The SMILES string of the molecule is CCNC1CC(NC(=O)c2ccc(NC(=O)c3ncc(-c4ccc(OC)c(F)c4F)n3C)cc2Cl)C1. The number of hydrogen-bond donors (Lipinski definition) is 3. The monoisotopic (exact) mass is 517 g/mol. The summed E-state index contributed by atoms with van der Waals surface area (Å²) >= 11 is 6.32. The minimum absolute atomic E-state index is 0.0289. The van der Waals surface area contributed by atoms with Crippen LogP contribution in [0.1, 0.15) is 40.7 Å². The summed E-state index contributed by atoms with van der Waals surface area (Å²) < 4.78 is 34.8. The number of carbonyl (C=O) groups is 2. The number of aromatic nitrogens is 2. The van der Waals surface area contributed by atoms with E-state index < -0.39 is 17.5 Å². The van der Waals surface area contributed by atoms with Gasteiger partial charge in [0, 0.05) is 30.4 Å². The maximum absolute atomic E-state index is 14.5. The quantitative estimate of drug-likeness (QED) is 0.417. The van der Waals surface area contributed by atoms with E-state index in [-0.39, 0.29) is 39.8 Å². The standard InChI is InChI=1S/C25H26ClF2N5O3/c1-4-29-14-9-15(10-14)32-24(34)16-6-5-13(11-18(16)26)31-25(35)23-30-12-19(33(23)2)17-7-8-20(36-3)22(28)21(17)27/h5-8,11-12,14-15,29H,4,9-10H2,1-3H3,(H,31,35)(H,32,34). The first kappa shape index (κ1) is 25.6. The van der Waals surface area contributed by atoms with Gasteiger partial charge in [-0.15, -0.1) is 0 Å². The van der Waals surface area contributed by atoms with Crippen molar-refractivity contribution >= 4 is 29.1 Å². The van der Waals surface area contributed by atoms with Crippen LogP contribution in [-0.4, -0.2) is 47.1 Å². The van der Waals surface area contributed by atoms with Gasteiger partial charge in [0.2, 0.25) is 5.82 Å². The zero-order valence-electron chi connectivity index (χ0n) is 20.0. The molecule has 8 nitrogen and oxygen atoms in total. The van der Waals surface area contributed by atoms with E-state index in [1.54, 1.807) is 6.07 Å². The Balaban J connectivity index is 1.44. The van der Waals surface area contributed by atoms with Crippen LogP contribution in [-0.2, 0) is 7.05 Å². The van der Waals surface area contributed by atoms with Crippen molar-refractivity contribution in [2.75, 3.05) is 19.0 Å². The second kappa shape index (κ2) is 10.6. The van der Waals surface area contributed by atoms with Crippen molar-refractivity contribution in [1.82, 2.24) is 20.2 Å². The number of hydrogen-bond acceptors (Lipinski definition) is 5. The molecule has 0 atom stereocenters. The molecule has 11 heteroatoms. The van der Waals surface area contributed by atoms with Gasteiger partial charge in [0.15, 0.2) is 17.4 Å². The highest BCUT2D eigenvalue weighted by Crippen LogP contribution is 2.30. The highest BCUT2D eigenvalue weighted by atomic mass is 35.5. The van der Waals surface area contributed by atoms with Gasteiger partial charge in [-0.2, -0.15) is 4.39 Å². The number of carbonyl (C=O) groups excluding carboxylic acids is 2. The van der Waals surface area contributed by atoms with Crippen molar-refractivity contribution in [2.45, 2.75) is 31.8 Å². The van der Waals surface area contributed by atoms with Crippen molar-refractivity contribution in [2.24, 2.45) is 7.05 Å². The normalized spacial score (nSPS) is 16.8. The fraction of sp³-hybridized carbons (Fsp3) is 0.320. The van der Waals surface area contributed by atoms with Crippen molar-refractivity contribution in [3.8, 4) is 17.0 Å². The largest absolute Gasteiger partial charge is 0.494 e. The lowest BCUT2D eigenvalue weighted by molar-refractivity contribution is 0.0902. The molecule has 0 aliphatic heterocycles. The maximum Gasteiger partial charge on any atom is 0.291 e. The number of nitrogens with zero attached hydrogens (tertiary/aromatic N) is 2. The molecule has 0 spiro atoms. The molecule has 0 bridgehead atoms. The van der Waals surface area contributed by atoms with E-state index in [0.29, 0.717) is 17.3 Å². The van der Waals surface area contributed by atoms with E-state index in [9.17, 15) is 18.4 Å². The molecule has 3 N–H and O–H groups in total. The van der Waals surface area contributed by atoms with Gasteiger partial charge >= 0.3 is 0 Å². The fourth-order valence-electron chi connectivity index (χ4n) is 4.18. The molecule has 1 fully saturated rings. The number of benzene rings is 2. The van der Waals surface area contributed by atoms with Crippen molar-refractivity contribution < 1.29 is 23.1 Å². The number of amides is 2. The van der Waals surface area contributed by atoms with Crippen LogP contribution >= 0.6 is 11.6 Å². The van der Waals surface area contributed by atoms with Gasteiger partial charge in [0.05, 0.1) is 29.6 Å². The van der Waals surface area contributed by atoms with Crippen LogP contribution < -0.4 is 20.7 Å². The van der Waals surface area contributed by atoms with Crippen LogP contribution in [0.3, 0.4) is 0 Å². The fourth-order valence-corrected chi connectivity index (χ4v) is 4.44. The van der Waals surface area contributed by atoms with Gasteiger partial charge in [0.1, 0.15) is 0 Å². The van der Waals surface area contributed by atoms with Crippen LogP contribution in [0.25, 0.3) is 11.3 Å². The summed E-state index contributed by atoms with van der Waals surface area (Å²) in [5.74, 6) is -3.36. The predicted octanol–water partition coefficient (Wildman–Crippen LogP) is 4.15. The van der Waals surface area contributed by atoms with E-state index in [0.717, 1.165) is 19.4 Å². The maximum atomic E-state index is 14.5. The molecule has 2 aromatic carbocycles. The van der Waals surface area contributed by atoms with E-state index in [2.05, 4.69) is 20.9 Å². The topological polar surface area (TPSA) is 97.3 Å². The molecule has 1 heterocycles. The van der Waals surface area contributed by atoms with Gasteiger partial charge in [0.25, 0.3) is 11.8 Å². The van der Waals surface area contributed by atoms with Gasteiger partial charge in [-0.25, -0.2) is 9.37 Å². The smallest absolute Gasteiger partial charge is 0.291 e. The molecule has 190 valence electrons. The predicted molar refractivity (Wildman–Crippen MR) is 132 cm³/mol.